The third-order valence-corrected chi connectivity index (χ3v) is 7.52. The Kier molecular flexibility index (Phi) is 7.46. The Morgan fingerprint density at radius 2 is 1.58 bits per heavy atom. The molecule has 1 saturated heterocycles. The molecule has 3 aromatic carbocycles. The molecule has 194 valence electrons. The van der Waals surface area contributed by atoms with E-state index in [0.29, 0.717) is 34.0 Å². The summed E-state index contributed by atoms with van der Waals surface area (Å²) in [5, 5.41) is 6.76. The number of nitrogens with one attached hydrogen (secondary N) is 2. The highest BCUT2D eigenvalue weighted by molar-refractivity contribution is 8.13. The number of amidine groups is 1. The maximum absolute atomic E-state index is 13.6. The van der Waals surface area contributed by atoms with Crippen LogP contribution in [0.3, 0.4) is 0 Å². The van der Waals surface area contributed by atoms with Crippen LogP contribution < -0.4 is 15.4 Å². The average Bonchev–Trinajstić information content (AvgIpc) is 2.93. The highest BCUT2D eigenvalue weighted by Gasteiger charge is 2.37. The molecule has 5 rings (SSSR count). The number of nitrogens with zero attached hydrogens (tertiary/aromatic N) is 2. The van der Waals surface area contributed by atoms with Crippen LogP contribution in [0.5, 0.6) is 5.75 Å². The van der Waals surface area contributed by atoms with Gasteiger partial charge < -0.3 is 20.3 Å². The molecule has 0 radical (unpaired) electrons. The van der Waals surface area contributed by atoms with Gasteiger partial charge in [-0.05, 0) is 79.6 Å². The highest BCUT2D eigenvalue weighted by atomic mass is 32.2. The van der Waals surface area contributed by atoms with Gasteiger partial charge in [0.15, 0.2) is 5.17 Å². The Morgan fingerprint density at radius 1 is 0.947 bits per heavy atom. The molecule has 2 N–H and O–H groups in total. The number of hydrogen-bond donors (Lipinski definition) is 2. The van der Waals surface area contributed by atoms with Crippen LogP contribution in [0.2, 0.25) is 0 Å². The van der Waals surface area contributed by atoms with Crippen molar-refractivity contribution in [3.05, 3.63) is 101 Å². The van der Waals surface area contributed by atoms with Crippen molar-refractivity contribution in [3.63, 3.8) is 0 Å². The quantitative estimate of drug-likeness (QED) is 0.418. The lowest BCUT2D eigenvalue weighted by molar-refractivity contribution is -0.113. The zero-order chi connectivity index (χ0) is 26.6. The van der Waals surface area contributed by atoms with Crippen LogP contribution in [-0.2, 0) is 4.79 Å². The molecule has 2 heterocycles. The first kappa shape index (κ1) is 25.5. The van der Waals surface area contributed by atoms with Crippen molar-refractivity contribution < 1.29 is 18.7 Å². The number of aliphatic imine (C=N–C) groups is 1. The summed E-state index contributed by atoms with van der Waals surface area (Å²) in [6.07, 6.45) is 0.985. The SMILES string of the molecule is COc1ccc(NC(=O)C2=C(C)N=C3SCCCN3C2c2ccc(NC(=O)c3ccc(F)cc3)cc2)cc1. The van der Waals surface area contributed by atoms with Crippen molar-refractivity contribution in [1.29, 1.82) is 0 Å². The van der Waals surface area contributed by atoms with E-state index in [0.717, 1.165) is 29.4 Å². The van der Waals surface area contributed by atoms with Gasteiger partial charge in [-0.3, -0.25) is 9.59 Å². The molecule has 38 heavy (non-hydrogen) atoms. The molecule has 9 heteroatoms. The molecule has 0 saturated carbocycles. The van der Waals surface area contributed by atoms with Crippen molar-refractivity contribution in [1.82, 2.24) is 4.90 Å². The van der Waals surface area contributed by atoms with E-state index in [1.165, 1.54) is 24.3 Å². The molecule has 1 fully saturated rings. The van der Waals surface area contributed by atoms with Gasteiger partial charge in [0.1, 0.15) is 11.6 Å². The molecule has 0 aromatic heterocycles. The average molecular weight is 531 g/mol. The first-order valence-corrected chi connectivity index (χ1v) is 13.2. The van der Waals surface area contributed by atoms with Crippen LogP contribution in [-0.4, -0.2) is 41.3 Å². The third-order valence-electron chi connectivity index (χ3n) is 6.44. The fourth-order valence-corrected chi connectivity index (χ4v) is 5.55. The van der Waals surface area contributed by atoms with Crippen molar-refractivity contribution >= 4 is 40.1 Å². The van der Waals surface area contributed by atoms with Gasteiger partial charge >= 0.3 is 0 Å². The van der Waals surface area contributed by atoms with Gasteiger partial charge in [0, 0.05) is 29.2 Å². The lowest BCUT2D eigenvalue weighted by Crippen LogP contribution is -2.43. The number of thioether (sulfide) groups is 1. The zero-order valence-corrected chi connectivity index (χ0v) is 21.8. The van der Waals surface area contributed by atoms with Gasteiger partial charge in [-0.25, -0.2) is 9.38 Å². The number of allylic oxidation sites excluding steroid dienone is 1. The summed E-state index contributed by atoms with van der Waals surface area (Å²) in [7, 11) is 1.60. The number of halogens is 1. The smallest absolute Gasteiger partial charge is 0.255 e. The van der Waals surface area contributed by atoms with Crippen LogP contribution in [0, 0.1) is 5.82 Å². The number of anilines is 2. The van der Waals surface area contributed by atoms with E-state index >= 15 is 0 Å². The molecule has 0 bridgehead atoms. The summed E-state index contributed by atoms with van der Waals surface area (Å²) in [6.45, 7) is 2.65. The molecule has 0 spiro atoms. The minimum atomic E-state index is -0.396. The number of ether oxygens (including phenoxy) is 1. The largest absolute Gasteiger partial charge is 0.497 e. The van der Waals surface area contributed by atoms with Gasteiger partial charge in [-0.1, -0.05) is 23.9 Å². The van der Waals surface area contributed by atoms with Gasteiger partial charge in [0.2, 0.25) is 0 Å². The number of benzene rings is 3. The first-order chi connectivity index (χ1) is 18.4. The summed E-state index contributed by atoms with van der Waals surface area (Å²) in [5.74, 6) is 0.752. The monoisotopic (exact) mass is 530 g/mol. The number of amides is 2. The third kappa shape index (κ3) is 5.43. The highest BCUT2D eigenvalue weighted by Crippen LogP contribution is 2.40. The Labute approximate surface area is 224 Å². The molecule has 3 aromatic rings. The maximum atomic E-state index is 13.6. The second kappa shape index (κ2) is 11.1. The van der Waals surface area contributed by atoms with Crippen LogP contribution in [0.4, 0.5) is 15.8 Å². The lowest BCUT2D eigenvalue weighted by Gasteiger charge is -2.41. The van der Waals surface area contributed by atoms with Gasteiger partial charge in [0.25, 0.3) is 11.8 Å². The Bertz CT molecular complexity index is 1400. The standard InChI is InChI=1S/C29H27FN4O3S/c1-18-25(28(36)33-23-12-14-24(37-2)15-13-23)26(34-16-3-17-38-29(34)31-18)19-6-10-22(11-7-19)32-27(35)20-4-8-21(30)9-5-20/h4-15,26H,3,16-17H2,1-2H3,(H,32,35)(H,33,36). The molecular weight excluding hydrogens is 503 g/mol. The van der Waals surface area contributed by atoms with Crippen LogP contribution >= 0.6 is 11.8 Å². The van der Waals surface area contributed by atoms with Gasteiger partial charge in [0.05, 0.1) is 24.4 Å². The Hall–Kier alpha value is -4.11. The zero-order valence-electron chi connectivity index (χ0n) is 21.0. The molecule has 1 unspecified atom stereocenters. The van der Waals surface area contributed by atoms with Crippen molar-refractivity contribution in [3.8, 4) is 5.75 Å². The summed E-state index contributed by atoms with van der Waals surface area (Å²) < 4.78 is 18.4. The molecule has 7 nitrogen and oxygen atoms in total. The predicted octanol–water partition coefficient (Wildman–Crippen LogP) is 5.85. The van der Waals surface area contributed by atoms with Crippen LogP contribution in [0.25, 0.3) is 0 Å². The molecule has 0 aliphatic carbocycles. The minimum absolute atomic E-state index is 0.218. The van der Waals surface area contributed by atoms with Gasteiger partial charge in [-0.15, -0.1) is 0 Å². The fraction of sp³-hybridized carbons (Fsp3) is 0.207. The Morgan fingerprint density at radius 3 is 2.24 bits per heavy atom. The van der Waals surface area contributed by atoms with E-state index in [9.17, 15) is 14.0 Å². The van der Waals surface area contributed by atoms with E-state index in [-0.39, 0.29) is 17.9 Å². The van der Waals surface area contributed by atoms with Crippen molar-refractivity contribution in [2.24, 2.45) is 4.99 Å². The predicted molar refractivity (Wildman–Crippen MR) is 149 cm³/mol. The molecular formula is C29H27FN4O3S. The fourth-order valence-electron chi connectivity index (χ4n) is 4.53. The molecule has 2 aliphatic rings. The Balaban J connectivity index is 1.41. The molecule has 1 atom stereocenters. The summed E-state index contributed by atoms with van der Waals surface area (Å²) >= 11 is 1.69. The summed E-state index contributed by atoms with van der Waals surface area (Å²) in [6, 6.07) is 19.7. The first-order valence-electron chi connectivity index (χ1n) is 12.2. The molecule has 2 amide bonds. The topological polar surface area (TPSA) is 83.0 Å². The second-order valence-corrected chi connectivity index (χ2v) is 10.0. The normalized spacial score (nSPS) is 16.9. The summed E-state index contributed by atoms with van der Waals surface area (Å²) in [4.78, 5) is 33.1. The number of carbonyl (C=O) groups excluding carboxylic acids is 2. The van der Waals surface area contributed by atoms with E-state index < -0.39 is 5.82 Å². The summed E-state index contributed by atoms with van der Waals surface area (Å²) in [5.41, 5.74) is 3.80. The van der Waals surface area contributed by atoms with E-state index in [1.54, 1.807) is 43.1 Å². The van der Waals surface area contributed by atoms with E-state index in [1.807, 2.05) is 31.2 Å². The number of fused-ring (bicyclic) bond motifs is 1. The number of methoxy groups -OCH3 is 1. The maximum Gasteiger partial charge on any atom is 0.255 e. The molecule has 2 aliphatic heterocycles. The second-order valence-electron chi connectivity index (χ2n) is 8.96. The lowest BCUT2D eigenvalue weighted by atomic mass is 9.93. The number of hydrogen-bond acceptors (Lipinski definition) is 6. The van der Waals surface area contributed by atoms with Crippen LogP contribution in [0.15, 0.2) is 89.1 Å². The minimum Gasteiger partial charge on any atom is -0.497 e. The van der Waals surface area contributed by atoms with Crippen molar-refractivity contribution in [2.75, 3.05) is 30.0 Å². The van der Waals surface area contributed by atoms with Gasteiger partial charge in [-0.2, -0.15) is 0 Å². The number of carbonyl (C=O) groups is 2. The van der Waals surface area contributed by atoms with Crippen molar-refractivity contribution in [2.45, 2.75) is 19.4 Å². The van der Waals surface area contributed by atoms with E-state index in [4.69, 9.17) is 9.73 Å². The number of rotatable bonds is 6. The van der Waals surface area contributed by atoms with E-state index in [2.05, 4.69) is 15.5 Å². The van der Waals surface area contributed by atoms with Crippen LogP contribution in [0.1, 0.15) is 35.3 Å².